The molecule has 2 aliphatic rings. The molecule has 0 spiro atoms. The minimum absolute atomic E-state index is 0.170. The summed E-state index contributed by atoms with van der Waals surface area (Å²) >= 11 is 13.1. The van der Waals surface area contributed by atoms with E-state index in [9.17, 15) is 5.26 Å². The zero-order valence-electron chi connectivity index (χ0n) is 25.8. The predicted octanol–water partition coefficient (Wildman–Crippen LogP) is 7.44. The monoisotopic (exact) mass is 641 g/mol. The van der Waals surface area contributed by atoms with Crippen LogP contribution in [-0.2, 0) is 0 Å². The van der Waals surface area contributed by atoms with Gasteiger partial charge in [0.05, 0.1) is 33.5 Å². The fraction of sp³-hybridized carbons (Fsp3) is 0.324. The lowest BCUT2D eigenvalue weighted by atomic mass is 9.97. The smallest absolute Gasteiger partial charge is 0.103 e. The molecular weight excluding hydrogens is 605 g/mol. The van der Waals surface area contributed by atoms with E-state index >= 15 is 0 Å². The molecule has 2 aromatic carbocycles. The number of nitrogens with one attached hydrogen (secondary N) is 4. The molecule has 45 heavy (non-hydrogen) atoms. The van der Waals surface area contributed by atoms with Crippen LogP contribution in [-0.4, -0.2) is 44.5 Å². The van der Waals surface area contributed by atoms with Crippen molar-refractivity contribution < 1.29 is 0 Å². The van der Waals surface area contributed by atoms with Gasteiger partial charge in [0.1, 0.15) is 6.07 Å². The van der Waals surface area contributed by atoms with Crippen LogP contribution in [0.5, 0.6) is 0 Å². The van der Waals surface area contributed by atoms with Crippen molar-refractivity contribution in [3.8, 4) is 6.07 Å². The van der Waals surface area contributed by atoms with Gasteiger partial charge in [0.25, 0.3) is 0 Å². The van der Waals surface area contributed by atoms with Gasteiger partial charge in [-0.15, -0.1) is 5.53 Å². The average molecular weight is 643 g/mol. The summed E-state index contributed by atoms with van der Waals surface area (Å²) in [6.45, 7) is 11.0. The summed E-state index contributed by atoms with van der Waals surface area (Å²) in [6.07, 6.45) is 7.63. The van der Waals surface area contributed by atoms with Crippen LogP contribution in [0.3, 0.4) is 0 Å². The van der Waals surface area contributed by atoms with E-state index in [1.807, 2.05) is 43.3 Å². The summed E-state index contributed by atoms with van der Waals surface area (Å²) in [6, 6.07) is 17.6. The molecule has 0 unspecified atom stereocenters. The van der Waals surface area contributed by atoms with Crippen molar-refractivity contribution in [2.24, 2.45) is 0 Å². The number of fused-ring (bicyclic) bond motifs is 1. The average Bonchev–Trinajstić information content (AvgIpc) is 3.51. The molecule has 1 fully saturated rings. The third kappa shape index (κ3) is 6.65. The topological polar surface area (TPSA) is 104 Å². The Kier molecular flexibility index (Phi) is 8.76. The molecule has 1 atom stereocenters. The molecular formula is C34H37Cl2N9. The van der Waals surface area contributed by atoms with E-state index in [1.54, 1.807) is 12.3 Å². The van der Waals surface area contributed by atoms with E-state index in [-0.39, 0.29) is 11.6 Å². The van der Waals surface area contributed by atoms with Crippen LogP contribution >= 0.6 is 23.2 Å². The number of aromatic nitrogens is 2. The first-order valence-corrected chi connectivity index (χ1v) is 15.9. The molecule has 4 N–H and O–H groups in total. The van der Waals surface area contributed by atoms with E-state index < -0.39 is 0 Å². The maximum Gasteiger partial charge on any atom is 0.103 e. The maximum absolute atomic E-state index is 9.96. The Bertz CT molecular complexity index is 1790. The Morgan fingerprint density at radius 1 is 1.04 bits per heavy atom. The van der Waals surface area contributed by atoms with Gasteiger partial charge in [-0.05, 0) is 76.9 Å². The van der Waals surface area contributed by atoms with E-state index in [1.165, 1.54) is 6.20 Å². The van der Waals surface area contributed by atoms with Crippen molar-refractivity contribution in [2.45, 2.75) is 58.2 Å². The van der Waals surface area contributed by atoms with Crippen LogP contribution in [0.15, 0.2) is 72.8 Å². The highest BCUT2D eigenvalue weighted by molar-refractivity contribution is 6.36. The number of hydrogen-bond donors (Lipinski definition) is 4. The standard InChI is InChI=1S/C34H37Cl2N9/c1-21-27(9-6-12-38-21)33(30-20-45(43-42-30)26-10-13-44(14-11-26)34(2,3)4)41-25-16-28-31(40-24-8-5-7-23(35)15-24)22(18-37)19-39-32(28)29(36)17-25/h5-9,12,15-17,19-20,26,33,41-43H,10-11,13-14H2,1-4H3,(H,39,40)/t33-/m0/s1. The molecule has 1 saturated heterocycles. The number of nitrogens with zero attached hydrogens (tertiary/aromatic N) is 5. The fourth-order valence-corrected chi connectivity index (χ4v) is 6.52. The van der Waals surface area contributed by atoms with Gasteiger partial charge in [-0.3, -0.25) is 19.9 Å². The second kappa shape index (κ2) is 12.7. The van der Waals surface area contributed by atoms with Crippen LogP contribution in [0, 0.1) is 18.3 Å². The molecule has 232 valence electrons. The molecule has 2 aromatic heterocycles. The number of hydrogen-bond acceptors (Lipinski definition) is 9. The first-order valence-electron chi connectivity index (χ1n) is 15.1. The maximum atomic E-state index is 9.96. The summed E-state index contributed by atoms with van der Waals surface area (Å²) in [5.74, 6) is 0. The highest BCUT2D eigenvalue weighted by Gasteiger charge is 2.32. The van der Waals surface area contributed by atoms with Gasteiger partial charge in [-0.2, -0.15) is 5.26 Å². The SMILES string of the molecule is Cc1ncccc1[C@H](Nc1cc(Cl)c2ncc(C#N)c(Nc3cccc(Cl)c3)c2c1)C1=CN(C2CCN(C(C)(C)C)CC2)NN1. The zero-order chi connectivity index (χ0) is 31.7. The lowest BCUT2D eigenvalue weighted by Gasteiger charge is -2.42. The lowest BCUT2D eigenvalue weighted by molar-refractivity contribution is 0.0570. The van der Waals surface area contributed by atoms with Crippen LogP contribution in [0.4, 0.5) is 17.1 Å². The molecule has 6 rings (SSSR count). The number of nitriles is 1. The summed E-state index contributed by atoms with van der Waals surface area (Å²) in [5, 5.41) is 21.0. The molecule has 4 heterocycles. The van der Waals surface area contributed by atoms with Gasteiger partial charge in [-0.1, -0.05) is 35.3 Å². The van der Waals surface area contributed by atoms with Crippen LogP contribution in [0.2, 0.25) is 10.0 Å². The molecule has 9 nitrogen and oxygen atoms in total. The largest absolute Gasteiger partial charge is 0.373 e. The summed E-state index contributed by atoms with van der Waals surface area (Å²) in [5.41, 5.74) is 13.0. The molecule has 0 radical (unpaired) electrons. The molecule has 2 aliphatic heterocycles. The van der Waals surface area contributed by atoms with E-state index in [4.69, 9.17) is 23.2 Å². The number of rotatable bonds is 7. The molecule has 0 aliphatic carbocycles. The van der Waals surface area contributed by atoms with E-state index in [0.29, 0.717) is 38.2 Å². The van der Waals surface area contributed by atoms with Crippen molar-refractivity contribution in [1.82, 2.24) is 30.8 Å². The Hall–Kier alpha value is -4.07. The number of piperidine rings is 1. The van der Waals surface area contributed by atoms with Crippen molar-refractivity contribution in [3.05, 3.63) is 99.7 Å². The third-order valence-electron chi connectivity index (χ3n) is 8.53. The number of pyridine rings is 2. The molecule has 11 heteroatoms. The number of halogens is 2. The molecule has 0 saturated carbocycles. The number of hydrazine groups is 2. The Morgan fingerprint density at radius 3 is 2.56 bits per heavy atom. The Morgan fingerprint density at radius 2 is 1.84 bits per heavy atom. The second-order valence-electron chi connectivity index (χ2n) is 12.5. The van der Waals surface area contributed by atoms with Gasteiger partial charge in [0.2, 0.25) is 0 Å². The van der Waals surface area contributed by atoms with Crippen molar-refractivity contribution in [3.63, 3.8) is 0 Å². The second-order valence-corrected chi connectivity index (χ2v) is 13.4. The van der Waals surface area contributed by atoms with Crippen molar-refractivity contribution in [1.29, 1.82) is 5.26 Å². The zero-order valence-corrected chi connectivity index (χ0v) is 27.3. The van der Waals surface area contributed by atoms with Gasteiger partial charge < -0.3 is 16.1 Å². The first-order chi connectivity index (χ1) is 21.6. The molecule has 0 amide bonds. The molecule has 0 bridgehead atoms. The van der Waals surface area contributed by atoms with E-state index in [2.05, 4.69) is 80.6 Å². The van der Waals surface area contributed by atoms with Crippen molar-refractivity contribution in [2.75, 3.05) is 23.7 Å². The van der Waals surface area contributed by atoms with Gasteiger partial charge in [0.15, 0.2) is 0 Å². The predicted molar refractivity (Wildman–Crippen MR) is 182 cm³/mol. The number of anilines is 3. The minimum atomic E-state index is -0.268. The van der Waals surface area contributed by atoms with Crippen LogP contribution < -0.4 is 21.6 Å². The van der Waals surface area contributed by atoms with Gasteiger partial charge >= 0.3 is 0 Å². The number of aryl methyl sites for hydroxylation is 1. The lowest BCUT2D eigenvalue weighted by Crippen LogP contribution is -2.52. The Labute approximate surface area is 274 Å². The minimum Gasteiger partial charge on any atom is -0.373 e. The fourth-order valence-electron chi connectivity index (χ4n) is 6.07. The van der Waals surface area contributed by atoms with Crippen LogP contribution in [0.1, 0.15) is 56.5 Å². The quantitative estimate of drug-likeness (QED) is 0.164. The van der Waals surface area contributed by atoms with Crippen molar-refractivity contribution >= 4 is 51.2 Å². The summed E-state index contributed by atoms with van der Waals surface area (Å²) in [4.78, 5) is 11.7. The first kappa shape index (κ1) is 30.9. The summed E-state index contributed by atoms with van der Waals surface area (Å²) in [7, 11) is 0. The van der Waals surface area contributed by atoms with Gasteiger partial charge in [0, 0.05) is 76.3 Å². The number of benzene rings is 2. The number of likely N-dealkylation sites (tertiary alicyclic amines) is 1. The molecule has 4 aromatic rings. The van der Waals surface area contributed by atoms with Crippen LogP contribution in [0.25, 0.3) is 10.9 Å². The third-order valence-corrected chi connectivity index (χ3v) is 9.06. The van der Waals surface area contributed by atoms with Gasteiger partial charge in [-0.25, -0.2) is 0 Å². The van der Waals surface area contributed by atoms with E-state index in [0.717, 1.165) is 54.3 Å². The highest BCUT2D eigenvalue weighted by Crippen LogP contribution is 2.37. The Balaban J connectivity index is 1.35. The highest BCUT2D eigenvalue weighted by atomic mass is 35.5. The summed E-state index contributed by atoms with van der Waals surface area (Å²) < 4.78 is 0. The normalized spacial score (nSPS) is 16.6.